The van der Waals surface area contributed by atoms with Crippen molar-refractivity contribution in [1.29, 1.82) is 0 Å². The average Bonchev–Trinajstić information content (AvgIpc) is 3.09. The molecular formula is C43H83N2O6P. The third-order valence-corrected chi connectivity index (χ3v) is 10.3. The number of aliphatic hydroxyl groups is 1. The number of hydrogen-bond acceptors (Lipinski definition) is 6. The van der Waals surface area contributed by atoms with Gasteiger partial charge in [-0.1, -0.05) is 159 Å². The van der Waals surface area contributed by atoms with Crippen molar-refractivity contribution >= 4 is 13.7 Å². The van der Waals surface area contributed by atoms with Crippen molar-refractivity contribution in [3.05, 3.63) is 36.5 Å². The van der Waals surface area contributed by atoms with Gasteiger partial charge in [-0.05, 0) is 51.4 Å². The first-order valence-corrected chi connectivity index (χ1v) is 22.8. The minimum absolute atomic E-state index is 0.00308. The van der Waals surface area contributed by atoms with Crippen LogP contribution in [0.1, 0.15) is 181 Å². The molecule has 0 aliphatic heterocycles. The van der Waals surface area contributed by atoms with Crippen molar-refractivity contribution in [2.24, 2.45) is 0 Å². The van der Waals surface area contributed by atoms with Crippen molar-refractivity contribution in [3.8, 4) is 0 Å². The molecule has 0 aliphatic carbocycles. The fourth-order valence-electron chi connectivity index (χ4n) is 5.89. The lowest BCUT2D eigenvalue weighted by Gasteiger charge is -2.29. The van der Waals surface area contributed by atoms with Gasteiger partial charge in [0.2, 0.25) is 5.91 Å². The summed E-state index contributed by atoms with van der Waals surface area (Å²) in [6.07, 6.45) is 41.8. The van der Waals surface area contributed by atoms with E-state index in [1.165, 1.54) is 103 Å². The Morgan fingerprint density at radius 2 is 1.12 bits per heavy atom. The minimum atomic E-state index is -4.58. The first-order chi connectivity index (χ1) is 25.0. The number of nitrogens with zero attached hydrogens (tertiary/aromatic N) is 1. The van der Waals surface area contributed by atoms with E-state index >= 15 is 0 Å². The Morgan fingerprint density at radius 1 is 0.673 bits per heavy atom. The smallest absolute Gasteiger partial charge is 0.268 e. The SMILES string of the molecule is CCCCC/C=C\C/C=C\CCCCCCCCCC(=O)NC(COP(=O)([O-])OCC[N+](C)(C)C)C(O)/C=C/CCCCCCCCCCCCC. The van der Waals surface area contributed by atoms with Gasteiger partial charge in [-0.25, -0.2) is 0 Å². The summed E-state index contributed by atoms with van der Waals surface area (Å²) >= 11 is 0. The summed E-state index contributed by atoms with van der Waals surface area (Å²) in [5, 5.41) is 13.7. The number of aliphatic hydroxyl groups excluding tert-OH is 1. The van der Waals surface area contributed by atoms with Crippen LogP contribution in [-0.2, 0) is 18.4 Å². The number of amides is 1. The predicted molar refractivity (Wildman–Crippen MR) is 219 cm³/mol. The zero-order chi connectivity index (χ0) is 38.6. The third kappa shape index (κ3) is 37.1. The maximum Gasteiger partial charge on any atom is 0.268 e. The Morgan fingerprint density at radius 3 is 1.63 bits per heavy atom. The highest BCUT2D eigenvalue weighted by atomic mass is 31.2. The Balaban J connectivity index is 4.46. The molecule has 8 nitrogen and oxygen atoms in total. The van der Waals surface area contributed by atoms with Crippen LogP contribution in [0.4, 0.5) is 0 Å². The van der Waals surface area contributed by atoms with E-state index in [1.54, 1.807) is 6.08 Å². The van der Waals surface area contributed by atoms with Gasteiger partial charge in [-0.3, -0.25) is 9.36 Å². The van der Waals surface area contributed by atoms with Crippen LogP contribution < -0.4 is 10.2 Å². The average molecular weight is 755 g/mol. The molecule has 2 N–H and O–H groups in total. The number of quaternary nitrogens is 1. The van der Waals surface area contributed by atoms with E-state index in [2.05, 4.69) is 43.5 Å². The van der Waals surface area contributed by atoms with Crippen molar-refractivity contribution in [1.82, 2.24) is 5.32 Å². The molecule has 306 valence electrons. The maximum absolute atomic E-state index is 12.8. The number of unbranched alkanes of at least 4 members (excludes halogenated alkanes) is 21. The summed E-state index contributed by atoms with van der Waals surface area (Å²) in [5.41, 5.74) is 0. The van der Waals surface area contributed by atoms with Crippen molar-refractivity contribution in [3.63, 3.8) is 0 Å². The van der Waals surface area contributed by atoms with Crippen LogP contribution in [0.2, 0.25) is 0 Å². The second-order valence-corrected chi connectivity index (χ2v) is 17.1. The van der Waals surface area contributed by atoms with E-state index in [-0.39, 0.29) is 19.1 Å². The van der Waals surface area contributed by atoms with Crippen molar-refractivity contribution < 1.29 is 32.9 Å². The fraction of sp³-hybridized carbons (Fsp3) is 0.837. The fourth-order valence-corrected chi connectivity index (χ4v) is 6.61. The van der Waals surface area contributed by atoms with Crippen LogP contribution in [0.15, 0.2) is 36.5 Å². The molecule has 9 heteroatoms. The molecule has 0 aromatic rings. The topological polar surface area (TPSA) is 108 Å². The van der Waals surface area contributed by atoms with Gasteiger partial charge >= 0.3 is 0 Å². The molecule has 0 aromatic carbocycles. The van der Waals surface area contributed by atoms with Gasteiger partial charge in [0, 0.05) is 6.42 Å². The molecule has 0 saturated heterocycles. The number of rotatable bonds is 38. The van der Waals surface area contributed by atoms with Gasteiger partial charge in [0.25, 0.3) is 7.82 Å². The number of allylic oxidation sites excluding steroid dienone is 5. The molecule has 0 spiro atoms. The zero-order valence-electron chi connectivity index (χ0n) is 34.5. The van der Waals surface area contributed by atoms with E-state index in [9.17, 15) is 19.4 Å². The number of likely N-dealkylation sites (N-methyl/N-ethyl adjacent to an activating group) is 1. The summed E-state index contributed by atoms with van der Waals surface area (Å²) < 4.78 is 23.1. The first kappa shape index (κ1) is 50.7. The molecule has 52 heavy (non-hydrogen) atoms. The number of nitrogens with one attached hydrogen (secondary N) is 1. The van der Waals surface area contributed by atoms with Crippen LogP contribution in [0, 0.1) is 0 Å². The van der Waals surface area contributed by atoms with Gasteiger partial charge in [-0.2, -0.15) is 0 Å². The lowest BCUT2D eigenvalue weighted by atomic mass is 10.0. The lowest BCUT2D eigenvalue weighted by Crippen LogP contribution is -2.45. The number of hydrogen-bond donors (Lipinski definition) is 2. The first-order valence-electron chi connectivity index (χ1n) is 21.4. The number of phosphoric ester groups is 1. The van der Waals surface area contributed by atoms with Gasteiger partial charge in [-0.15, -0.1) is 0 Å². The standard InChI is InChI=1S/C43H83N2O6P/c1-6-8-10-12-14-16-18-20-21-22-23-25-27-29-31-33-35-37-43(47)44-41(40-51-52(48,49)50-39-38-45(3,4)5)42(46)36-34-32-30-28-26-24-19-17-15-13-11-9-7-2/h14,16,20-21,34,36,41-42,46H,6-13,15,17-19,22-33,35,37-40H2,1-5H3,(H-,44,47,48,49)/b16-14-,21-20-,36-34+. The Hall–Kier alpha value is -1.28. The van der Waals surface area contributed by atoms with E-state index in [0.717, 1.165) is 57.8 Å². The highest BCUT2D eigenvalue weighted by Crippen LogP contribution is 2.38. The lowest BCUT2D eigenvalue weighted by molar-refractivity contribution is -0.870. The number of carbonyl (C=O) groups is 1. The summed E-state index contributed by atoms with van der Waals surface area (Å²) in [7, 11) is 1.25. The maximum atomic E-state index is 12.8. The molecular weight excluding hydrogens is 671 g/mol. The molecule has 3 unspecified atom stereocenters. The van der Waals surface area contributed by atoms with Crippen molar-refractivity contribution in [2.75, 3.05) is 40.9 Å². The zero-order valence-corrected chi connectivity index (χ0v) is 35.4. The van der Waals surface area contributed by atoms with E-state index in [0.29, 0.717) is 17.4 Å². The second kappa shape index (κ2) is 35.4. The molecule has 0 heterocycles. The van der Waals surface area contributed by atoms with E-state index in [1.807, 2.05) is 27.2 Å². The Labute approximate surface area is 321 Å². The molecule has 0 fully saturated rings. The summed E-state index contributed by atoms with van der Waals surface area (Å²) in [4.78, 5) is 25.2. The normalized spacial score (nSPS) is 14.8. The molecule has 0 radical (unpaired) electrons. The summed E-state index contributed by atoms with van der Waals surface area (Å²) in [5.74, 6) is -0.208. The van der Waals surface area contributed by atoms with Gasteiger partial charge in [0.1, 0.15) is 13.2 Å². The van der Waals surface area contributed by atoms with Gasteiger partial charge < -0.3 is 28.8 Å². The van der Waals surface area contributed by atoms with Gasteiger partial charge in [0.05, 0.1) is 39.9 Å². The van der Waals surface area contributed by atoms with Crippen molar-refractivity contribution in [2.45, 2.75) is 193 Å². The molecule has 0 rings (SSSR count). The highest BCUT2D eigenvalue weighted by Gasteiger charge is 2.23. The summed E-state index contributed by atoms with van der Waals surface area (Å²) in [6.45, 7) is 4.60. The minimum Gasteiger partial charge on any atom is -0.756 e. The summed E-state index contributed by atoms with van der Waals surface area (Å²) in [6, 6.07) is -0.888. The van der Waals surface area contributed by atoms with Crippen LogP contribution in [-0.4, -0.2) is 68.5 Å². The Kier molecular flexibility index (Phi) is 34.6. The third-order valence-electron chi connectivity index (χ3n) is 9.34. The molecule has 0 bridgehead atoms. The van der Waals surface area contributed by atoms with Crippen LogP contribution in [0.3, 0.4) is 0 Å². The molecule has 3 atom stereocenters. The number of phosphoric acid groups is 1. The molecule has 0 aromatic heterocycles. The second-order valence-electron chi connectivity index (χ2n) is 15.7. The predicted octanol–water partition coefficient (Wildman–Crippen LogP) is 10.9. The quantitative estimate of drug-likeness (QED) is 0.0281. The van der Waals surface area contributed by atoms with E-state index in [4.69, 9.17) is 9.05 Å². The van der Waals surface area contributed by atoms with E-state index < -0.39 is 20.0 Å². The molecule has 0 aliphatic rings. The monoisotopic (exact) mass is 755 g/mol. The highest BCUT2D eigenvalue weighted by molar-refractivity contribution is 7.45. The van der Waals surface area contributed by atoms with Crippen LogP contribution in [0.5, 0.6) is 0 Å². The molecule has 0 saturated carbocycles. The Bertz CT molecular complexity index is 948. The van der Waals surface area contributed by atoms with Gasteiger partial charge in [0.15, 0.2) is 0 Å². The van der Waals surface area contributed by atoms with Crippen LogP contribution in [0.25, 0.3) is 0 Å². The largest absolute Gasteiger partial charge is 0.756 e. The van der Waals surface area contributed by atoms with Crippen LogP contribution >= 0.6 is 7.82 Å². The molecule has 1 amide bonds. The number of carbonyl (C=O) groups excluding carboxylic acids is 1.